The normalized spacial score (nSPS) is 16.6. The number of carbonyl (C=O) groups is 2. The van der Waals surface area contributed by atoms with Crippen molar-refractivity contribution in [2.75, 3.05) is 0 Å². The number of carboxylic acid groups (broad SMARTS) is 1. The SMILES string of the molecule is O=C(NOC1(C(=O)O)CCCC1)OCc1ccccc1. The summed E-state index contributed by atoms with van der Waals surface area (Å²) in [5, 5.41) is 9.17. The van der Waals surface area contributed by atoms with Gasteiger partial charge in [0.05, 0.1) is 0 Å². The van der Waals surface area contributed by atoms with Crippen molar-refractivity contribution in [2.24, 2.45) is 0 Å². The average molecular weight is 279 g/mol. The maximum atomic E-state index is 11.5. The van der Waals surface area contributed by atoms with Gasteiger partial charge in [0.2, 0.25) is 0 Å². The fraction of sp³-hybridized carbons (Fsp3) is 0.429. The molecule has 2 N–H and O–H groups in total. The molecule has 0 radical (unpaired) electrons. The van der Waals surface area contributed by atoms with Crippen LogP contribution in [0.2, 0.25) is 0 Å². The second kappa shape index (κ2) is 6.38. The predicted molar refractivity (Wildman–Crippen MR) is 69.7 cm³/mol. The molecule has 0 unspecified atom stereocenters. The molecule has 1 aromatic rings. The molecule has 108 valence electrons. The first-order valence-electron chi connectivity index (χ1n) is 6.50. The number of carboxylic acids is 1. The Bertz CT molecular complexity index is 468. The summed E-state index contributed by atoms with van der Waals surface area (Å²) in [4.78, 5) is 27.8. The van der Waals surface area contributed by atoms with E-state index in [4.69, 9.17) is 14.7 Å². The van der Waals surface area contributed by atoms with Crippen LogP contribution in [0.5, 0.6) is 0 Å². The van der Waals surface area contributed by atoms with Crippen LogP contribution in [0.15, 0.2) is 30.3 Å². The van der Waals surface area contributed by atoms with Crippen molar-refractivity contribution in [3.05, 3.63) is 35.9 Å². The number of hydrogen-bond donors (Lipinski definition) is 2. The van der Waals surface area contributed by atoms with E-state index in [-0.39, 0.29) is 6.61 Å². The summed E-state index contributed by atoms with van der Waals surface area (Å²) in [6.07, 6.45) is 1.53. The van der Waals surface area contributed by atoms with Crippen LogP contribution in [-0.2, 0) is 21.0 Å². The summed E-state index contributed by atoms with van der Waals surface area (Å²) in [7, 11) is 0. The number of benzene rings is 1. The molecule has 0 atom stereocenters. The van der Waals surface area contributed by atoms with Crippen LogP contribution in [0, 0.1) is 0 Å². The van der Waals surface area contributed by atoms with Gasteiger partial charge in [0.25, 0.3) is 0 Å². The molecule has 1 amide bonds. The Morgan fingerprint density at radius 1 is 1.20 bits per heavy atom. The molecule has 20 heavy (non-hydrogen) atoms. The molecule has 1 aliphatic rings. The van der Waals surface area contributed by atoms with Gasteiger partial charge in [-0.1, -0.05) is 30.3 Å². The van der Waals surface area contributed by atoms with Crippen LogP contribution in [0.25, 0.3) is 0 Å². The van der Waals surface area contributed by atoms with Gasteiger partial charge in [-0.15, -0.1) is 0 Å². The Hall–Kier alpha value is -2.08. The lowest BCUT2D eigenvalue weighted by atomic mass is 10.0. The standard InChI is InChI=1S/C14H17NO5/c16-12(17)14(8-4-5-9-14)20-15-13(18)19-10-11-6-2-1-3-7-11/h1-3,6-7H,4-5,8-10H2,(H,15,18)(H,16,17). The van der Waals surface area contributed by atoms with E-state index in [9.17, 15) is 9.59 Å². The summed E-state index contributed by atoms with van der Waals surface area (Å²) >= 11 is 0. The van der Waals surface area contributed by atoms with Gasteiger partial charge in [-0.05, 0) is 31.2 Å². The minimum absolute atomic E-state index is 0.107. The van der Waals surface area contributed by atoms with E-state index in [1.54, 1.807) is 0 Å². The third kappa shape index (κ3) is 3.48. The van der Waals surface area contributed by atoms with E-state index in [1.807, 2.05) is 30.3 Å². The highest BCUT2D eigenvalue weighted by molar-refractivity contribution is 5.78. The quantitative estimate of drug-likeness (QED) is 0.807. The zero-order valence-electron chi connectivity index (χ0n) is 11.0. The van der Waals surface area contributed by atoms with Crippen molar-refractivity contribution < 1.29 is 24.3 Å². The molecule has 1 aromatic carbocycles. The number of nitrogens with one attached hydrogen (secondary N) is 1. The van der Waals surface area contributed by atoms with Crippen LogP contribution >= 0.6 is 0 Å². The molecule has 6 heteroatoms. The van der Waals surface area contributed by atoms with E-state index in [0.717, 1.165) is 18.4 Å². The Kier molecular flexibility index (Phi) is 4.57. The number of rotatable bonds is 5. The highest BCUT2D eigenvalue weighted by atomic mass is 16.7. The zero-order valence-corrected chi connectivity index (χ0v) is 11.0. The highest BCUT2D eigenvalue weighted by Crippen LogP contribution is 2.32. The predicted octanol–water partition coefficient (Wildman–Crippen LogP) is 2.24. The van der Waals surface area contributed by atoms with E-state index < -0.39 is 17.7 Å². The largest absolute Gasteiger partial charge is 0.479 e. The molecule has 0 heterocycles. The number of hydrogen-bond acceptors (Lipinski definition) is 4. The van der Waals surface area contributed by atoms with Crippen LogP contribution in [0.3, 0.4) is 0 Å². The maximum absolute atomic E-state index is 11.5. The third-order valence-corrected chi connectivity index (χ3v) is 3.34. The Morgan fingerprint density at radius 3 is 2.45 bits per heavy atom. The van der Waals surface area contributed by atoms with E-state index in [0.29, 0.717) is 12.8 Å². The highest BCUT2D eigenvalue weighted by Gasteiger charge is 2.44. The monoisotopic (exact) mass is 279 g/mol. The van der Waals surface area contributed by atoms with Crippen molar-refractivity contribution in [1.29, 1.82) is 0 Å². The van der Waals surface area contributed by atoms with Crippen molar-refractivity contribution in [3.63, 3.8) is 0 Å². The third-order valence-electron chi connectivity index (χ3n) is 3.34. The van der Waals surface area contributed by atoms with Crippen LogP contribution in [-0.4, -0.2) is 22.8 Å². The number of hydroxylamine groups is 1. The first kappa shape index (κ1) is 14.3. The lowest BCUT2D eigenvalue weighted by Gasteiger charge is -2.23. The molecule has 0 bridgehead atoms. The summed E-state index contributed by atoms with van der Waals surface area (Å²) in [6.45, 7) is 0.107. The number of aliphatic carboxylic acids is 1. The zero-order chi connectivity index (χ0) is 14.4. The molecular formula is C14H17NO5. The van der Waals surface area contributed by atoms with E-state index in [2.05, 4.69) is 5.48 Å². The van der Waals surface area contributed by atoms with Gasteiger partial charge in [-0.3, -0.25) is 4.84 Å². The summed E-state index contributed by atoms with van der Waals surface area (Å²) in [5.41, 5.74) is 1.61. The maximum Gasteiger partial charge on any atom is 0.431 e. The van der Waals surface area contributed by atoms with Crippen LogP contribution in [0.4, 0.5) is 4.79 Å². The average Bonchev–Trinajstić information content (AvgIpc) is 2.94. The molecule has 0 aliphatic heterocycles. The van der Waals surface area contributed by atoms with E-state index in [1.165, 1.54) is 0 Å². The Labute approximate surface area is 116 Å². The van der Waals surface area contributed by atoms with Crippen molar-refractivity contribution in [2.45, 2.75) is 37.9 Å². The lowest BCUT2D eigenvalue weighted by Crippen LogP contribution is -2.44. The summed E-state index contributed by atoms with van der Waals surface area (Å²) in [6, 6.07) is 9.19. The lowest BCUT2D eigenvalue weighted by molar-refractivity contribution is -0.173. The second-order valence-electron chi connectivity index (χ2n) is 4.77. The minimum atomic E-state index is -1.31. The van der Waals surface area contributed by atoms with Crippen LogP contribution < -0.4 is 5.48 Å². The fourth-order valence-corrected chi connectivity index (χ4v) is 2.20. The van der Waals surface area contributed by atoms with Crippen molar-refractivity contribution >= 4 is 12.1 Å². The molecule has 6 nitrogen and oxygen atoms in total. The topological polar surface area (TPSA) is 84.9 Å². The summed E-state index contributed by atoms with van der Waals surface area (Å²) < 4.78 is 4.94. The van der Waals surface area contributed by atoms with Crippen LogP contribution in [0.1, 0.15) is 31.2 Å². The van der Waals surface area contributed by atoms with Gasteiger partial charge in [0.1, 0.15) is 6.61 Å². The van der Waals surface area contributed by atoms with E-state index >= 15 is 0 Å². The van der Waals surface area contributed by atoms with Gasteiger partial charge in [-0.2, -0.15) is 5.48 Å². The molecule has 0 aromatic heterocycles. The molecule has 0 saturated heterocycles. The smallest absolute Gasteiger partial charge is 0.431 e. The number of amides is 1. The number of ether oxygens (including phenoxy) is 1. The Balaban J connectivity index is 1.78. The van der Waals surface area contributed by atoms with Gasteiger partial charge in [0, 0.05) is 0 Å². The molecule has 0 spiro atoms. The second-order valence-corrected chi connectivity index (χ2v) is 4.77. The van der Waals surface area contributed by atoms with Gasteiger partial charge in [0.15, 0.2) is 5.60 Å². The van der Waals surface area contributed by atoms with Gasteiger partial charge >= 0.3 is 12.1 Å². The minimum Gasteiger partial charge on any atom is -0.479 e. The van der Waals surface area contributed by atoms with Gasteiger partial charge in [-0.25, -0.2) is 9.59 Å². The molecule has 1 aliphatic carbocycles. The molecule has 1 fully saturated rings. The summed E-state index contributed by atoms with van der Waals surface area (Å²) in [5.74, 6) is -1.06. The van der Waals surface area contributed by atoms with Crippen molar-refractivity contribution in [1.82, 2.24) is 5.48 Å². The first-order chi connectivity index (χ1) is 9.62. The van der Waals surface area contributed by atoms with Crippen molar-refractivity contribution in [3.8, 4) is 0 Å². The molecule has 2 rings (SSSR count). The number of carbonyl (C=O) groups excluding carboxylic acids is 1. The first-order valence-corrected chi connectivity index (χ1v) is 6.50. The Morgan fingerprint density at radius 2 is 1.85 bits per heavy atom. The molecular weight excluding hydrogens is 262 g/mol. The molecule has 1 saturated carbocycles. The fourth-order valence-electron chi connectivity index (χ4n) is 2.20. The van der Waals surface area contributed by atoms with Gasteiger partial charge < -0.3 is 9.84 Å².